The number of carbonyl (C=O) groups excluding carboxylic acids is 2. The maximum absolute atomic E-state index is 12.2. The lowest BCUT2D eigenvalue weighted by molar-refractivity contribution is 0.0593. The van der Waals surface area contributed by atoms with Crippen molar-refractivity contribution in [2.75, 3.05) is 14.2 Å². The van der Waals surface area contributed by atoms with E-state index in [2.05, 4.69) is 0 Å². The average Bonchev–Trinajstić information content (AvgIpc) is 3.54. The number of hydrogen-bond acceptors (Lipinski definition) is 8. The van der Waals surface area contributed by atoms with Gasteiger partial charge in [-0.2, -0.15) is 0 Å². The van der Waals surface area contributed by atoms with Crippen LogP contribution in [0.5, 0.6) is 0 Å². The third kappa shape index (κ3) is 3.24. The minimum Gasteiger partial charge on any atom is -0.465 e. The number of benzene rings is 2. The molecule has 0 bridgehead atoms. The van der Waals surface area contributed by atoms with Gasteiger partial charge in [0.15, 0.2) is 0 Å². The zero-order chi connectivity index (χ0) is 22.2. The first-order chi connectivity index (χ1) is 15.6. The molecular weight excluding hydrogens is 444 g/mol. The van der Waals surface area contributed by atoms with Gasteiger partial charge >= 0.3 is 11.9 Å². The van der Waals surface area contributed by atoms with Crippen LogP contribution < -0.4 is 0 Å². The molecule has 5 rings (SSSR count). The van der Waals surface area contributed by atoms with Gasteiger partial charge in [-0.15, -0.1) is 22.7 Å². The van der Waals surface area contributed by atoms with Crippen LogP contribution in [0.3, 0.4) is 0 Å². The van der Waals surface area contributed by atoms with E-state index in [-0.39, 0.29) is 0 Å². The quantitative estimate of drug-likeness (QED) is 0.361. The standard InChI is InChI=1S/C24H16N2O4S2/c1-29-23(27)16-9-11-31-21(16)25-19-14-7-3-5-13-6-4-8-15(18(13)14)20(19)26-22-17(10-12-32-22)24(28)30-2/h3-12H,1-2H3/b25-19-,26-20+. The molecule has 0 aliphatic heterocycles. The topological polar surface area (TPSA) is 77.3 Å². The third-order valence-corrected chi connectivity index (χ3v) is 6.78. The Labute approximate surface area is 191 Å². The van der Waals surface area contributed by atoms with E-state index in [4.69, 9.17) is 19.5 Å². The minimum atomic E-state index is -0.441. The molecule has 0 unspecified atom stereocenters. The number of carbonyl (C=O) groups is 2. The molecule has 0 spiro atoms. The summed E-state index contributed by atoms with van der Waals surface area (Å²) >= 11 is 2.71. The van der Waals surface area contributed by atoms with Gasteiger partial charge in [0.05, 0.1) is 36.8 Å². The predicted octanol–water partition coefficient (Wildman–Crippen LogP) is 5.79. The highest BCUT2D eigenvalue weighted by Crippen LogP contribution is 2.37. The van der Waals surface area contributed by atoms with Crippen LogP contribution in [-0.2, 0) is 9.47 Å². The van der Waals surface area contributed by atoms with E-state index in [1.54, 1.807) is 22.9 Å². The molecule has 6 nitrogen and oxygen atoms in total. The minimum absolute atomic E-state index is 0.402. The molecule has 0 saturated carbocycles. The van der Waals surface area contributed by atoms with Crippen molar-refractivity contribution in [1.82, 2.24) is 0 Å². The highest BCUT2D eigenvalue weighted by molar-refractivity contribution is 7.14. The second kappa shape index (κ2) is 8.14. The summed E-state index contributed by atoms with van der Waals surface area (Å²) in [6.45, 7) is 0. The summed E-state index contributed by atoms with van der Waals surface area (Å²) in [5.41, 5.74) is 3.95. The monoisotopic (exact) mass is 460 g/mol. The lowest BCUT2D eigenvalue weighted by atomic mass is 10.1. The Morgan fingerprint density at radius 1 is 0.719 bits per heavy atom. The van der Waals surface area contributed by atoms with Crippen LogP contribution in [0.2, 0.25) is 0 Å². The number of hydrogen-bond donors (Lipinski definition) is 0. The van der Waals surface area contributed by atoms with Crippen LogP contribution in [0.15, 0.2) is 69.3 Å². The van der Waals surface area contributed by atoms with Gasteiger partial charge < -0.3 is 9.47 Å². The largest absolute Gasteiger partial charge is 0.465 e. The number of thiophene rings is 2. The van der Waals surface area contributed by atoms with Crippen LogP contribution in [-0.4, -0.2) is 37.6 Å². The molecule has 1 aliphatic carbocycles. The molecule has 2 aromatic heterocycles. The van der Waals surface area contributed by atoms with Crippen molar-refractivity contribution in [2.45, 2.75) is 0 Å². The lowest BCUT2D eigenvalue weighted by Crippen LogP contribution is -2.11. The van der Waals surface area contributed by atoms with E-state index in [0.29, 0.717) is 32.6 Å². The summed E-state index contributed by atoms with van der Waals surface area (Å²) < 4.78 is 9.81. The Balaban J connectivity index is 1.76. The number of aliphatic imine (C=N–C) groups is 2. The third-order valence-electron chi connectivity index (χ3n) is 5.17. The number of rotatable bonds is 4. The van der Waals surface area contributed by atoms with E-state index in [0.717, 1.165) is 21.9 Å². The van der Waals surface area contributed by atoms with Gasteiger partial charge in [-0.3, -0.25) is 0 Å². The van der Waals surface area contributed by atoms with E-state index < -0.39 is 11.9 Å². The van der Waals surface area contributed by atoms with Crippen LogP contribution >= 0.6 is 22.7 Å². The zero-order valence-electron chi connectivity index (χ0n) is 17.1. The van der Waals surface area contributed by atoms with Gasteiger partial charge in [0, 0.05) is 16.5 Å². The normalized spacial score (nSPS) is 14.9. The fourth-order valence-electron chi connectivity index (χ4n) is 3.73. The average molecular weight is 461 g/mol. The molecule has 32 heavy (non-hydrogen) atoms. The summed E-state index contributed by atoms with van der Waals surface area (Å²) in [6.07, 6.45) is 0. The van der Waals surface area contributed by atoms with Crippen molar-refractivity contribution in [1.29, 1.82) is 0 Å². The fourth-order valence-corrected chi connectivity index (χ4v) is 5.24. The molecule has 2 heterocycles. The number of esters is 2. The summed E-state index contributed by atoms with van der Waals surface area (Å²) in [5, 5.41) is 6.81. The first kappa shape index (κ1) is 20.3. The molecule has 0 fully saturated rings. The van der Waals surface area contributed by atoms with Gasteiger partial charge in [-0.1, -0.05) is 36.4 Å². The van der Waals surface area contributed by atoms with Crippen LogP contribution in [0.25, 0.3) is 10.8 Å². The number of methoxy groups -OCH3 is 2. The Kier molecular flexibility index (Phi) is 5.16. The van der Waals surface area contributed by atoms with Gasteiger partial charge in [-0.05, 0) is 28.3 Å². The molecule has 1 aliphatic rings. The summed E-state index contributed by atoms with van der Waals surface area (Å²) in [7, 11) is 2.70. The predicted molar refractivity (Wildman–Crippen MR) is 128 cm³/mol. The molecule has 4 aromatic rings. The Morgan fingerprint density at radius 2 is 1.19 bits per heavy atom. The van der Waals surface area contributed by atoms with Gasteiger partial charge in [-0.25, -0.2) is 19.6 Å². The van der Waals surface area contributed by atoms with Crippen molar-refractivity contribution >= 4 is 66.8 Å². The Bertz CT molecular complexity index is 1340. The highest BCUT2D eigenvalue weighted by atomic mass is 32.1. The van der Waals surface area contributed by atoms with E-state index in [1.807, 2.05) is 36.4 Å². The molecular formula is C24H16N2O4S2. The molecule has 0 atom stereocenters. The van der Waals surface area contributed by atoms with Gasteiger partial charge in [0.1, 0.15) is 10.0 Å². The van der Waals surface area contributed by atoms with Crippen molar-refractivity contribution in [2.24, 2.45) is 9.98 Å². The van der Waals surface area contributed by atoms with Gasteiger partial charge in [0.25, 0.3) is 0 Å². The van der Waals surface area contributed by atoms with E-state index >= 15 is 0 Å². The second-order valence-corrected chi connectivity index (χ2v) is 8.68. The van der Waals surface area contributed by atoms with Crippen LogP contribution in [0.1, 0.15) is 31.8 Å². The van der Waals surface area contributed by atoms with Crippen LogP contribution in [0.4, 0.5) is 10.0 Å². The first-order valence-electron chi connectivity index (χ1n) is 9.64. The Hall–Kier alpha value is -3.62. The molecule has 2 aromatic carbocycles. The Morgan fingerprint density at radius 3 is 1.62 bits per heavy atom. The first-order valence-corrected chi connectivity index (χ1v) is 11.4. The maximum Gasteiger partial charge on any atom is 0.340 e. The number of ether oxygens (including phenoxy) is 2. The maximum atomic E-state index is 12.2. The molecule has 0 amide bonds. The zero-order valence-corrected chi connectivity index (χ0v) is 18.8. The second-order valence-electron chi connectivity index (χ2n) is 6.89. The molecule has 0 radical (unpaired) electrons. The van der Waals surface area contributed by atoms with Crippen molar-refractivity contribution in [3.05, 3.63) is 81.5 Å². The molecule has 0 N–H and O–H groups in total. The summed E-state index contributed by atoms with van der Waals surface area (Å²) in [4.78, 5) is 34.2. The highest BCUT2D eigenvalue weighted by Gasteiger charge is 2.29. The SMILES string of the molecule is COC(=O)c1ccsc1/N=C1\C(=N\c2sccc2C(=O)OC)c2cccc3cccc1c23. The summed E-state index contributed by atoms with van der Waals surface area (Å²) in [6, 6.07) is 15.4. The molecule has 8 heteroatoms. The van der Waals surface area contributed by atoms with Crippen LogP contribution in [0, 0.1) is 0 Å². The van der Waals surface area contributed by atoms with E-state index in [9.17, 15) is 9.59 Å². The lowest BCUT2D eigenvalue weighted by Gasteiger charge is -2.04. The number of nitrogens with zero attached hydrogens (tertiary/aromatic N) is 2. The molecule has 158 valence electrons. The van der Waals surface area contributed by atoms with Crippen molar-refractivity contribution in [3.63, 3.8) is 0 Å². The van der Waals surface area contributed by atoms with Gasteiger partial charge in [0.2, 0.25) is 0 Å². The fraction of sp³-hybridized carbons (Fsp3) is 0.0833. The summed E-state index contributed by atoms with van der Waals surface area (Å²) in [5.74, 6) is -0.881. The smallest absolute Gasteiger partial charge is 0.340 e. The molecule has 0 saturated heterocycles. The van der Waals surface area contributed by atoms with Crippen molar-refractivity contribution < 1.29 is 19.1 Å². The van der Waals surface area contributed by atoms with Crippen molar-refractivity contribution in [3.8, 4) is 0 Å². The van der Waals surface area contributed by atoms with E-state index in [1.165, 1.54) is 36.9 Å².